The smallest absolute Gasteiger partial charge is 0.331 e. The highest BCUT2D eigenvalue weighted by Crippen LogP contribution is 2.05. The summed E-state index contributed by atoms with van der Waals surface area (Å²) in [5, 5.41) is 18.5. The molecule has 0 saturated heterocycles. The monoisotopic (exact) mass is 396 g/mol. The first kappa shape index (κ1) is 25.9. The van der Waals surface area contributed by atoms with E-state index >= 15 is 0 Å². The minimum atomic E-state index is -0.755. The van der Waals surface area contributed by atoms with Crippen LogP contribution in [0.15, 0.2) is 48.6 Å². The van der Waals surface area contributed by atoms with Crippen molar-refractivity contribution in [1.29, 1.82) is 0 Å². The molecule has 0 rings (SSSR count). The Morgan fingerprint density at radius 3 is 2.04 bits per heavy atom. The van der Waals surface area contributed by atoms with Gasteiger partial charge in [-0.05, 0) is 19.9 Å². The van der Waals surface area contributed by atoms with Crippen LogP contribution in [0.25, 0.3) is 0 Å². The number of hydrogen-bond acceptors (Lipinski definition) is 7. The summed E-state index contributed by atoms with van der Waals surface area (Å²) in [6.07, 6.45) is 12.4. The predicted octanol–water partition coefficient (Wildman–Crippen LogP) is 1.76. The van der Waals surface area contributed by atoms with Gasteiger partial charge in [-0.25, -0.2) is 4.79 Å². The molecular formula is C21H32O7. The number of allylic oxidation sites excluding steroid dienone is 7. The van der Waals surface area contributed by atoms with Gasteiger partial charge in [-0.3, -0.25) is 4.79 Å². The molecule has 0 aromatic rings. The maximum Gasteiger partial charge on any atom is 0.331 e. The van der Waals surface area contributed by atoms with Gasteiger partial charge in [0.25, 0.3) is 0 Å². The SMILES string of the molecule is C/C=C/C=C/C(=O)CC(CO)COCCOCC(CO)OC(=O)/C=C/C=C/C. The zero-order valence-electron chi connectivity index (χ0n) is 16.7. The Morgan fingerprint density at radius 1 is 0.857 bits per heavy atom. The van der Waals surface area contributed by atoms with Crippen molar-refractivity contribution in [3.05, 3.63) is 48.6 Å². The summed E-state index contributed by atoms with van der Waals surface area (Å²) in [7, 11) is 0. The number of esters is 1. The lowest BCUT2D eigenvalue weighted by Gasteiger charge is -2.15. The largest absolute Gasteiger partial charge is 0.454 e. The summed E-state index contributed by atoms with van der Waals surface area (Å²) in [4.78, 5) is 23.2. The highest BCUT2D eigenvalue weighted by molar-refractivity contribution is 5.90. The third-order valence-electron chi connectivity index (χ3n) is 3.39. The molecule has 7 heteroatoms. The van der Waals surface area contributed by atoms with Gasteiger partial charge in [0.1, 0.15) is 6.10 Å². The first-order valence-electron chi connectivity index (χ1n) is 9.26. The molecule has 0 aliphatic rings. The van der Waals surface area contributed by atoms with E-state index in [2.05, 4.69) is 0 Å². The Hall–Kier alpha value is -2.06. The van der Waals surface area contributed by atoms with Gasteiger partial charge in [-0.2, -0.15) is 0 Å². The number of hydrogen-bond donors (Lipinski definition) is 2. The third kappa shape index (κ3) is 15.0. The quantitative estimate of drug-likeness (QED) is 0.177. The molecule has 0 radical (unpaired) electrons. The molecule has 0 aromatic carbocycles. The second-order valence-electron chi connectivity index (χ2n) is 5.88. The molecule has 0 amide bonds. The van der Waals surface area contributed by atoms with E-state index in [0.29, 0.717) is 0 Å². The fourth-order valence-corrected chi connectivity index (χ4v) is 1.96. The average Bonchev–Trinajstić information content (AvgIpc) is 2.69. The van der Waals surface area contributed by atoms with Gasteiger partial charge >= 0.3 is 5.97 Å². The van der Waals surface area contributed by atoms with E-state index in [0.717, 1.165) is 0 Å². The van der Waals surface area contributed by atoms with Crippen LogP contribution >= 0.6 is 0 Å². The number of rotatable bonds is 16. The predicted molar refractivity (Wildman–Crippen MR) is 107 cm³/mol. The highest BCUT2D eigenvalue weighted by Gasteiger charge is 2.13. The number of carbonyl (C=O) groups excluding carboxylic acids is 2. The van der Waals surface area contributed by atoms with Crippen LogP contribution < -0.4 is 0 Å². The molecule has 158 valence electrons. The van der Waals surface area contributed by atoms with Gasteiger partial charge < -0.3 is 24.4 Å². The topological polar surface area (TPSA) is 102 Å². The van der Waals surface area contributed by atoms with Gasteiger partial charge in [0.2, 0.25) is 0 Å². The van der Waals surface area contributed by atoms with Crippen molar-refractivity contribution in [2.45, 2.75) is 26.4 Å². The lowest BCUT2D eigenvalue weighted by molar-refractivity contribution is -0.149. The molecule has 0 fully saturated rings. The summed E-state index contributed by atoms with van der Waals surface area (Å²) in [5.74, 6) is -0.915. The van der Waals surface area contributed by atoms with Crippen molar-refractivity contribution >= 4 is 11.8 Å². The fraction of sp³-hybridized carbons (Fsp3) is 0.524. The number of ether oxygens (including phenoxy) is 3. The Balaban J connectivity index is 3.97. The minimum Gasteiger partial charge on any atom is -0.454 e. The first-order chi connectivity index (χ1) is 13.6. The zero-order chi connectivity index (χ0) is 21.0. The normalized spacial score (nSPS) is 14.4. The molecule has 2 unspecified atom stereocenters. The van der Waals surface area contributed by atoms with E-state index in [9.17, 15) is 19.8 Å². The Morgan fingerprint density at radius 2 is 1.46 bits per heavy atom. The van der Waals surface area contributed by atoms with Crippen LogP contribution in [0.1, 0.15) is 20.3 Å². The minimum absolute atomic E-state index is 0.0424. The fourth-order valence-electron chi connectivity index (χ4n) is 1.96. The molecule has 2 N–H and O–H groups in total. The standard InChI is InChI=1S/C21H32O7/c1-3-5-7-9-19(24)13-18(14-22)16-26-11-12-27-17-20(15-23)28-21(25)10-8-6-4-2/h3-10,18,20,22-23H,11-17H2,1-2H3/b5-3+,6-4+,9-7+,10-8+. The van der Waals surface area contributed by atoms with Crippen molar-refractivity contribution in [3.63, 3.8) is 0 Å². The summed E-state index contributed by atoms with van der Waals surface area (Å²) in [5.41, 5.74) is 0. The van der Waals surface area contributed by atoms with E-state index < -0.39 is 12.1 Å². The average molecular weight is 396 g/mol. The second-order valence-corrected chi connectivity index (χ2v) is 5.88. The summed E-state index contributed by atoms with van der Waals surface area (Å²) in [6, 6.07) is 0. The molecule has 0 saturated carbocycles. The molecular weight excluding hydrogens is 364 g/mol. The zero-order valence-corrected chi connectivity index (χ0v) is 16.7. The van der Waals surface area contributed by atoms with Crippen LogP contribution in [-0.4, -0.2) is 67.7 Å². The molecule has 0 aliphatic carbocycles. The van der Waals surface area contributed by atoms with E-state index in [4.69, 9.17) is 14.2 Å². The Labute approximate surface area is 167 Å². The Bertz CT molecular complexity index is 487. The van der Waals surface area contributed by atoms with Crippen molar-refractivity contribution in [2.24, 2.45) is 5.92 Å². The number of carbonyl (C=O) groups is 2. The van der Waals surface area contributed by atoms with E-state index in [-0.39, 0.29) is 57.8 Å². The molecule has 0 aliphatic heterocycles. The summed E-state index contributed by atoms with van der Waals surface area (Å²) >= 11 is 0. The molecule has 0 bridgehead atoms. The summed E-state index contributed by atoms with van der Waals surface area (Å²) in [6.45, 7) is 3.95. The van der Waals surface area contributed by atoms with Crippen molar-refractivity contribution in [1.82, 2.24) is 0 Å². The van der Waals surface area contributed by atoms with Gasteiger partial charge in [0.15, 0.2) is 5.78 Å². The summed E-state index contributed by atoms with van der Waals surface area (Å²) < 4.78 is 15.8. The maximum atomic E-state index is 11.7. The van der Waals surface area contributed by atoms with Crippen LogP contribution in [-0.2, 0) is 23.8 Å². The van der Waals surface area contributed by atoms with Crippen LogP contribution in [0, 0.1) is 5.92 Å². The van der Waals surface area contributed by atoms with Gasteiger partial charge in [-0.1, -0.05) is 36.5 Å². The van der Waals surface area contributed by atoms with Crippen LogP contribution in [0.3, 0.4) is 0 Å². The third-order valence-corrected chi connectivity index (χ3v) is 3.39. The lowest BCUT2D eigenvalue weighted by atomic mass is 10.0. The Kier molecular flexibility index (Phi) is 17.0. The van der Waals surface area contributed by atoms with Gasteiger partial charge in [0, 0.05) is 25.0 Å². The van der Waals surface area contributed by atoms with E-state index in [1.165, 1.54) is 12.2 Å². The van der Waals surface area contributed by atoms with Crippen molar-refractivity contribution in [3.8, 4) is 0 Å². The molecule has 28 heavy (non-hydrogen) atoms. The lowest BCUT2D eigenvalue weighted by Crippen LogP contribution is -2.27. The van der Waals surface area contributed by atoms with Gasteiger partial charge in [-0.15, -0.1) is 0 Å². The molecule has 0 spiro atoms. The van der Waals surface area contributed by atoms with Crippen molar-refractivity contribution in [2.75, 3.05) is 39.6 Å². The van der Waals surface area contributed by atoms with Crippen LogP contribution in [0.5, 0.6) is 0 Å². The van der Waals surface area contributed by atoms with E-state index in [1.54, 1.807) is 30.4 Å². The number of ketones is 1. The van der Waals surface area contributed by atoms with Crippen molar-refractivity contribution < 1.29 is 34.0 Å². The molecule has 0 aromatic heterocycles. The van der Waals surface area contributed by atoms with Gasteiger partial charge in [0.05, 0.1) is 33.0 Å². The number of aliphatic hydroxyl groups is 2. The number of aliphatic hydroxyl groups excluding tert-OH is 2. The highest BCUT2D eigenvalue weighted by atomic mass is 16.6. The van der Waals surface area contributed by atoms with Crippen LogP contribution in [0.4, 0.5) is 0 Å². The maximum absolute atomic E-state index is 11.7. The van der Waals surface area contributed by atoms with E-state index in [1.807, 2.05) is 19.9 Å². The first-order valence-corrected chi connectivity index (χ1v) is 9.26. The second kappa shape index (κ2) is 18.3. The molecule has 0 heterocycles. The van der Waals surface area contributed by atoms with Crippen LogP contribution in [0.2, 0.25) is 0 Å². The molecule has 7 nitrogen and oxygen atoms in total. The molecule has 2 atom stereocenters.